The van der Waals surface area contributed by atoms with Gasteiger partial charge in [0.2, 0.25) is 0 Å². The van der Waals surface area contributed by atoms with Gasteiger partial charge >= 0.3 is 0 Å². The Balaban J connectivity index is 1.75. The second kappa shape index (κ2) is 8.66. The van der Waals surface area contributed by atoms with E-state index in [0.29, 0.717) is 23.4 Å². The molecule has 0 saturated heterocycles. The first-order chi connectivity index (χ1) is 14.7. The number of hydrogen-bond acceptors (Lipinski definition) is 4. The highest BCUT2D eigenvalue weighted by Gasteiger charge is 2.40. The summed E-state index contributed by atoms with van der Waals surface area (Å²) in [4.78, 5) is 27.8. The van der Waals surface area contributed by atoms with Gasteiger partial charge in [0, 0.05) is 5.69 Å². The average molecular weight is 398 g/mol. The van der Waals surface area contributed by atoms with Crippen molar-refractivity contribution in [2.45, 2.75) is 13.3 Å². The average Bonchev–Trinajstić information content (AvgIpc) is 3.03. The molecule has 1 aliphatic rings. The lowest BCUT2D eigenvalue weighted by Gasteiger charge is -2.15. The highest BCUT2D eigenvalue weighted by atomic mass is 16.5. The molecule has 3 aromatic rings. The molecular weight excluding hydrogens is 376 g/mol. The van der Waals surface area contributed by atoms with Crippen molar-refractivity contribution >= 4 is 28.8 Å². The first kappa shape index (κ1) is 19.5. The molecule has 0 aliphatic carbocycles. The van der Waals surface area contributed by atoms with Crippen LogP contribution in [0.25, 0.3) is 5.57 Å². The van der Waals surface area contributed by atoms with Gasteiger partial charge in [-0.05, 0) is 48.4 Å². The standard InChI is InChI=1S/C25H22N2O3/c1-2-17-30-21-15-13-18(14-16-21)22-23(26-19-9-5-3-6-10-19)25(29)27(24(22)28)20-11-7-4-8-12-20/h3-16,26H,2,17H2,1H3. The van der Waals surface area contributed by atoms with Crippen LogP contribution in [-0.4, -0.2) is 18.4 Å². The maximum absolute atomic E-state index is 13.4. The fourth-order valence-corrected chi connectivity index (χ4v) is 3.33. The monoisotopic (exact) mass is 398 g/mol. The minimum absolute atomic E-state index is 0.261. The molecule has 5 heteroatoms. The van der Waals surface area contributed by atoms with Gasteiger partial charge in [0.1, 0.15) is 11.4 Å². The molecule has 0 atom stereocenters. The predicted molar refractivity (Wildman–Crippen MR) is 118 cm³/mol. The third kappa shape index (κ3) is 3.82. The molecule has 0 unspecified atom stereocenters. The summed E-state index contributed by atoms with van der Waals surface area (Å²) in [6.45, 7) is 2.67. The van der Waals surface area contributed by atoms with Crippen molar-refractivity contribution in [2.24, 2.45) is 0 Å². The number of anilines is 2. The van der Waals surface area contributed by atoms with Crippen molar-refractivity contribution in [2.75, 3.05) is 16.8 Å². The zero-order chi connectivity index (χ0) is 20.9. The zero-order valence-corrected chi connectivity index (χ0v) is 16.7. The van der Waals surface area contributed by atoms with E-state index in [1.54, 1.807) is 24.3 Å². The van der Waals surface area contributed by atoms with Crippen LogP contribution in [0.2, 0.25) is 0 Å². The van der Waals surface area contributed by atoms with Gasteiger partial charge in [-0.25, -0.2) is 4.90 Å². The van der Waals surface area contributed by atoms with Crippen LogP contribution in [0.3, 0.4) is 0 Å². The van der Waals surface area contributed by atoms with E-state index < -0.39 is 0 Å². The van der Waals surface area contributed by atoms with Gasteiger partial charge in [0.25, 0.3) is 11.8 Å². The summed E-state index contributed by atoms with van der Waals surface area (Å²) in [6, 6.07) is 25.6. The quantitative estimate of drug-likeness (QED) is 0.577. The number of amides is 2. The van der Waals surface area contributed by atoms with Gasteiger partial charge in [-0.15, -0.1) is 0 Å². The van der Waals surface area contributed by atoms with Gasteiger partial charge in [-0.2, -0.15) is 0 Å². The molecule has 0 radical (unpaired) electrons. The number of nitrogens with zero attached hydrogens (tertiary/aromatic N) is 1. The molecule has 30 heavy (non-hydrogen) atoms. The summed E-state index contributed by atoms with van der Waals surface area (Å²) < 4.78 is 5.64. The minimum atomic E-state index is -0.378. The smallest absolute Gasteiger partial charge is 0.282 e. The third-order valence-electron chi connectivity index (χ3n) is 4.76. The number of carbonyl (C=O) groups excluding carboxylic acids is 2. The molecular formula is C25H22N2O3. The van der Waals surface area contributed by atoms with Crippen molar-refractivity contribution in [3.05, 3.63) is 96.2 Å². The van der Waals surface area contributed by atoms with E-state index in [-0.39, 0.29) is 17.5 Å². The molecule has 0 bridgehead atoms. The second-order valence-corrected chi connectivity index (χ2v) is 6.90. The van der Waals surface area contributed by atoms with E-state index in [0.717, 1.165) is 17.9 Å². The Morgan fingerprint density at radius 3 is 2.07 bits per heavy atom. The Morgan fingerprint density at radius 1 is 0.800 bits per heavy atom. The number of nitrogens with one attached hydrogen (secondary N) is 1. The molecule has 1 N–H and O–H groups in total. The molecule has 0 fully saturated rings. The highest BCUT2D eigenvalue weighted by Crippen LogP contribution is 2.34. The van der Waals surface area contributed by atoms with E-state index in [4.69, 9.17) is 4.74 Å². The van der Waals surface area contributed by atoms with Crippen molar-refractivity contribution in [1.29, 1.82) is 0 Å². The number of para-hydroxylation sites is 2. The van der Waals surface area contributed by atoms with E-state index >= 15 is 0 Å². The van der Waals surface area contributed by atoms with Gasteiger partial charge in [-0.3, -0.25) is 9.59 Å². The first-order valence-electron chi connectivity index (χ1n) is 9.92. The molecule has 0 saturated carbocycles. The van der Waals surface area contributed by atoms with Crippen molar-refractivity contribution < 1.29 is 14.3 Å². The fourth-order valence-electron chi connectivity index (χ4n) is 3.33. The van der Waals surface area contributed by atoms with Crippen LogP contribution in [0, 0.1) is 0 Å². The normalized spacial score (nSPS) is 13.7. The summed E-state index contributed by atoms with van der Waals surface area (Å²) in [5.41, 5.74) is 2.54. The SMILES string of the molecule is CCCOc1ccc(C2=C(Nc3ccccc3)C(=O)N(c3ccccc3)C2=O)cc1. The van der Waals surface area contributed by atoms with Gasteiger partial charge in [0.05, 0.1) is 17.9 Å². The number of benzene rings is 3. The summed E-state index contributed by atoms with van der Waals surface area (Å²) in [6.07, 6.45) is 0.914. The lowest BCUT2D eigenvalue weighted by Crippen LogP contribution is -2.32. The fraction of sp³-hybridized carbons (Fsp3) is 0.120. The zero-order valence-electron chi connectivity index (χ0n) is 16.7. The van der Waals surface area contributed by atoms with Gasteiger partial charge in [-0.1, -0.05) is 55.5 Å². The lowest BCUT2D eigenvalue weighted by molar-refractivity contribution is -0.120. The van der Waals surface area contributed by atoms with E-state index in [1.807, 2.05) is 67.6 Å². The van der Waals surface area contributed by atoms with Crippen LogP contribution in [0.4, 0.5) is 11.4 Å². The van der Waals surface area contributed by atoms with E-state index in [9.17, 15) is 9.59 Å². The molecule has 5 nitrogen and oxygen atoms in total. The van der Waals surface area contributed by atoms with Crippen molar-refractivity contribution in [3.63, 3.8) is 0 Å². The largest absolute Gasteiger partial charge is 0.494 e. The van der Waals surface area contributed by atoms with Crippen LogP contribution in [-0.2, 0) is 9.59 Å². The number of hydrogen-bond donors (Lipinski definition) is 1. The third-order valence-corrected chi connectivity index (χ3v) is 4.76. The summed E-state index contributed by atoms with van der Waals surface area (Å²) in [7, 11) is 0. The van der Waals surface area contributed by atoms with Crippen LogP contribution < -0.4 is 15.0 Å². The van der Waals surface area contributed by atoms with Crippen LogP contribution >= 0.6 is 0 Å². The Bertz CT molecular complexity index is 1070. The summed E-state index contributed by atoms with van der Waals surface area (Å²) in [5, 5.41) is 3.15. The topological polar surface area (TPSA) is 58.6 Å². The Labute approximate surface area is 175 Å². The van der Waals surface area contributed by atoms with Gasteiger partial charge in [0.15, 0.2) is 0 Å². The molecule has 1 heterocycles. The maximum Gasteiger partial charge on any atom is 0.282 e. The van der Waals surface area contributed by atoms with E-state index in [2.05, 4.69) is 5.32 Å². The molecule has 0 aromatic heterocycles. The number of imide groups is 1. The van der Waals surface area contributed by atoms with Crippen LogP contribution in [0.15, 0.2) is 90.6 Å². The Kier molecular flexibility index (Phi) is 5.61. The Morgan fingerprint density at radius 2 is 1.43 bits per heavy atom. The second-order valence-electron chi connectivity index (χ2n) is 6.90. The molecule has 2 amide bonds. The summed E-state index contributed by atoms with van der Waals surface area (Å²) >= 11 is 0. The number of ether oxygens (including phenoxy) is 1. The number of rotatable bonds is 7. The van der Waals surface area contributed by atoms with Crippen molar-refractivity contribution in [3.8, 4) is 5.75 Å². The molecule has 150 valence electrons. The minimum Gasteiger partial charge on any atom is -0.494 e. The molecule has 3 aromatic carbocycles. The maximum atomic E-state index is 13.4. The summed E-state index contributed by atoms with van der Waals surface area (Å²) in [5.74, 6) is -0.00123. The molecule has 0 spiro atoms. The van der Waals surface area contributed by atoms with Crippen molar-refractivity contribution in [1.82, 2.24) is 0 Å². The highest BCUT2D eigenvalue weighted by molar-refractivity contribution is 6.46. The Hall–Kier alpha value is -3.86. The van der Waals surface area contributed by atoms with Crippen LogP contribution in [0.1, 0.15) is 18.9 Å². The van der Waals surface area contributed by atoms with Gasteiger partial charge < -0.3 is 10.1 Å². The lowest BCUT2D eigenvalue weighted by atomic mass is 10.0. The van der Waals surface area contributed by atoms with E-state index in [1.165, 1.54) is 4.90 Å². The molecule has 4 rings (SSSR count). The first-order valence-corrected chi connectivity index (χ1v) is 9.92. The number of carbonyl (C=O) groups is 2. The molecule has 1 aliphatic heterocycles. The van der Waals surface area contributed by atoms with Crippen LogP contribution in [0.5, 0.6) is 5.75 Å². The predicted octanol–water partition coefficient (Wildman–Crippen LogP) is 4.87.